The lowest BCUT2D eigenvalue weighted by Gasteiger charge is -2.19. The van der Waals surface area contributed by atoms with Gasteiger partial charge < -0.3 is 5.32 Å². The van der Waals surface area contributed by atoms with Crippen LogP contribution in [-0.2, 0) is 0 Å². The highest BCUT2D eigenvalue weighted by Gasteiger charge is 2.22. The first kappa shape index (κ1) is 15.5. The van der Waals surface area contributed by atoms with E-state index in [-0.39, 0.29) is 20.1 Å². The highest BCUT2D eigenvalue weighted by atomic mass is 79.9. The molecule has 20 heavy (non-hydrogen) atoms. The molecule has 0 saturated heterocycles. The highest BCUT2D eigenvalue weighted by molar-refractivity contribution is 9.10. The molecule has 1 nitrogen and oxygen atoms in total. The van der Waals surface area contributed by atoms with Gasteiger partial charge in [-0.05, 0) is 57.1 Å². The molecular formula is C14H10Br2F3N. The lowest BCUT2D eigenvalue weighted by Crippen LogP contribution is -2.20. The van der Waals surface area contributed by atoms with Crippen molar-refractivity contribution in [2.45, 2.75) is 6.04 Å². The molecule has 2 rings (SSSR count). The minimum absolute atomic E-state index is 0.0308. The van der Waals surface area contributed by atoms with Crippen molar-refractivity contribution in [3.63, 3.8) is 0 Å². The van der Waals surface area contributed by atoms with Crippen molar-refractivity contribution in [1.82, 2.24) is 5.32 Å². The van der Waals surface area contributed by atoms with E-state index in [4.69, 9.17) is 0 Å². The summed E-state index contributed by atoms with van der Waals surface area (Å²) < 4.78 is 42.0. The van der Waals surface area contributed by atoms with Crippen LogP contribution in [0.2, 0.25) is 0 Å². The lowest BCUT2D eigenvalue weighted by molar-refractivity contribution is 0.533. The number of nitrogens with one attached hydrogen (secondary N) is 1. The number of benzene rings is 2. The maximum atomic E-state index is 14.1. The summed E-state index contributed by atoms with van der Waals surface area (Å²) in [7, 11) is 1.56. The normalized spacial score (nSPS) is 12.5. The quantitative estimate of drug-likeness (QED) is 0.709. The van der Waals surface area contributed by atoms with Crippen LogP contribution in [0.3, 0.4) is 0 Å². The Morgan fingerprint density at radius 2 is 1.65 bits per heavy atom. The van der Waals surface area contributed by atoms with E-state index in [9.17, 15) is 13.2 Å². The molecule has 0 aliphatic rings. The predicted molar refractivity (Wildman–Crippen MR) is 79.1 cm³/mol. The van der Waals surface area contributed by atoms with Gasteiger partial charge in [-0.2, -0.15) is 0 Å². The fourth-order valence-corrected chi connectivity index (χ4v) is 2.68. The fraction of sp³-hybridized carbons (Fsp3) is 0.143. The smallest absolute Gasteiger partial charge is 0.142 e. The average Bonchev–Trinajstić information content (AvgIpc) is 2.41. The summed E-state index contributed by atoms with van der Waals surface area (Å²) in [5, 5.41) is 2.81. The largest absolute Gasteiger partial charge is 0.309 e. The van der Waals surface area contributed by atoms with Crippen LogP contribution in [0.4, 0.5) is 13.2 Å². The second-order valence-electron chi connectivity index (χ2n) is 4.15. The van der Waals surface area contributed by atoms with Gasteiger partial charge in [0.1, 0.15) is 17.5 Å². The fourth-order valence-electron chi connectivity index (χ4n) is 1.98. The Bertz CT molecular complexity index is 647. The zero-order valence-corrected chi connectivity index (χ0v) is 13.5. The molecule has 0 radical (unpaired) electrons. The van der Waals surface area contributed by atoms with E-state index in [1.807, 2.05) is 0 Å². The van der Waals surface area contributed by atoms with Gasteiger partial charge in [0.15, 0.2) is 0 Å². The molecule has 1 N–H and O–H groups in total. The molecule has 0 aliphatic heterocycles. The van der Waals surface area contributed by atoms with Crippen LogP contribution in [0.1, 0.15) is 17.2 Å². The van der Waals surface area contributed by atoms with Crippen molar-refractivity contribution < 1.29 is 13.2 Å². The Morgan fingerprint density at radius 1 is 0.950 bits per heavy atom. The minimum atomic E-state index is -0.782. The minimum Gasteiger partial charge on any atom is -0.309 e. The topological polar surface area (TPSA) is 12.0 Å². The molecule has 0 aromatic heterocycles. The first-order chi connectivity index (χ1) is 9.45. The molecule has 106 valence electrons. The molecule has 0 amide bonds. The molecule has 0 heterocycles. The van der Waals surface area contributed by atoms with Gasteiger partial charge >= 0.3 is 0 Å². The van der Waals surface area contributed by atoms with E-state index in [0.29, 0.717) is 0 Å². The van der Waals surface area contributed by atoms with Gasteiger partial charge in [-0.15, -0.1) is 0 Å². The number of rotatable bonds is 3. The molecule has 6 heteroatoms. The average molecular weight is 409 g/mol. The third-order valence-electron chi connectivity index (χ3n) is 2.93. The van der Waals surface area contributed by atoms with Crippen molar-refractivity contribution in [2.75, 3.05) is 7.05 Å². The van der Waals surface area contributed by atoms with E-state index < -0.39 is 23.5 Å². The van der Waals surface area contributed by atoms with E-state index in [1.54, 1.807) is 19.2 Å². The summed E-state index contributed by atoms with van der Waals surface area (Å²) in [5.74, 6) is -1.72. The Kier molecular flexibility index (Phi) is 4.88. The Hall–Kier alpha value is -0.850. The monoisotopic (exact) mass is 407 g/mol. The van der Waals surface area contributed by atoms with Crippen LogP contribution in [0, 0.1) is 17.5 Å². The molecule has 2 aromatic rings. The van der Waals surface area contributed by atoms with Crippen molar-refractivity contribution >= 4 is 31.9 Å². The SMILES string of the molecule is CNC(c1cc(F)c(Br)cc1F)c1cccc(Br)c1F. The Labute approximate surface area is 131 Å². The Balaban J connectivity index is 2.58. The van der Waals surface area contributed by atoms with Crippen LogP contribution in [0.25, 0.3) is 0 Å². The van der Waals surface area contributed by atoms with Gasteiger partial charge in [-0.3, -0.25) is 0 Å². The molecule has 0 bridgehead atoms. The third-order valence-corrected chi connectivity index (χ3v) is 4.15. The standard InChI is InChI=1S/C14H10Br2F3N/c1-20-14(7-3-2-4-9(15)13(7)19)8-5-12(18)10(16)6-11(8)17/h2-6,14,20H,1H3. The molecule has 1 unspecified atom stereocenters. The summed E-state index contributed by atoms with van der Waals surface area (Å²) in [6.45, 7) is 0. The summed E-state index contributed by atoms with van der Waals surface area (Å²) in [6, 6.07) is 6.02. The van der Waals surface area contributed by atoms with E-state index in [0.717, 1.165) is 12.1 Å². The number of hydrogen-bond acceptors (Lipinski definition) is 1. The molecule has 0 saturated carbocycles. The number of hydrogen-bond donors (Lipinski definition) is 1. The highest BCUT2D eigenvalue weighted by Crippen LogP contribution is 2.31. The van der Waals surface area contributed by atoms with Crippen molar-refractivity contribution in [3.8, 4) is 0 Å². The van der Waals surface area contributed by atoms with Crippen molar-refractivity contribution in [1.29, 1.82) is 0 Å². The van der Waals surface area contributed by atoms with Gasteiger partial charge in [0.05, 0.1) is 15.0 Å². The van der Waals surface area contributed by atoms with E-state index >= 15 is 0 Å². The van der Waals surface area contributed by atoms with Gasteiger partial charge in [-0.25, -0.2) is 13.2 Å². The van der Waals surface area contributed by atoms with E-state index in [2.05, 4.69) is 37.2 Å². The summed E-state index contributed by atoms with van der Waals surface area (Å²) in [5.41, 5.74) is 0.285. The van der Waals surface area contributed by atoms with Crippen LogP contribution < -0.4 is 5.32 Å². The van der Waals surface area contributed by atoms with Gasteiger partial charge in [0.25, 0.3) is 0 Å². The summed E-state index contributed by atoms with van der Waals surface area (Å²) in [4.78, 5) is 0. The zero-order chi connectivity index (χ0) is 14.9. The first-order valence-corrected chi connectivity index (χ1v) is 7.30. The maximum absolute atomic E-state index is 14.1. The molecule has 0 spiro atoms. The van der Waals surface area contributed by atoms with Crippen molar-refractivity contribution in [2.24, 2.45) is 0 Å². The molecule has 0 aliphatic carbocycles. The predicted octanol–water partition coefficient (Wildman–Crippen LogP) is 4.94. The molecule has 0 fully saturated rings. The summed E-state index contributed by atoms with van der Waals surface area (Å²) >= 11 is 6.00. The molecule has 1 atom stereocenters. The maximum Gasteiger partial charge on any atom is 0.142 e. The first-order valence-electron chi connectivity index (χ1n) is 5.71. The van der Waals surface area contributed by atoms with Gasteiger partial charge in [-0.1, -0.05) is 12.1 Å². The van der Waals surface area contributed by atoms with Gasteiger partial charge in [0, 0.05) is 11.1 Å². The van der Waals surface area contributed by atoms with Crippen LogP contribution in [-0.4, -0.2) is 7.05 Å². The lowest BCUT2D eigenvalue weighted by atomic mass is 9.98. The van der Waals surface area contributed by atoms with Gasteiger partial charge in [0.2, 0.25) is 0 Å². The zero-order valence-electron chi connectivity index (χ0n) is 10.4. The van der Waals surface area contributed by atoms with Crippen LogP contribution in [0.15, 0.2) is 39.3 Å². The van der Waals surface area contributed by atoms with Crippen LogP contribution in [0.5, 0.6) is 0 Å². The molecule has 2 aromatic carbocycles. The second kappa shape index (κ2) is 6.28. The molecular weight excluding hydrogens is 399 g/mol. The van der Waals surface area contributed by atoms with Crippen molar-refractivity contribution in [3.05, 3.63) is 67.9 Å². The Morgan fingerprint density at radius 3 is 2.30 bits per heavy atom. The number of halogens is 5. The van der Waals surface area contributed by atoms with Crippen LogP contribution >= 0.6 is 31.9 Å². The van der Waals surface area contributed by atoms with E-state index in [1.165, 1.54) is 6.07 Å². The third kappa shape index (κ3) is 2.92. The second-order valence-corrected chi connectivity index (χ2v) is 5.86. The summed E-state index contributed by atoms with van der Waals surface area (Å²) in [6.07, 6.45) is 0.